The molecule has 0 aliphatic heterocycles. The van der Waals surface area contributed by atoms with E-state index in [4.69, 9.17) is 0 Å². The van der Waals surface area contributed by atoms with Gasteiger partial charge in [0, 0.05) is 12.5 Å². The molecular weight excluding hydrogens is 330 g/mol. The minimum Gasteiger partial charge on any atom is -0.356 e. The topological polar surface area (TPSA) is 29.1 Å². The van der Waals surface area contributed by atoms with Crippen LogP contribution in [-0.4, -0.2) is 12.5 Å². The summed E-state index contributed by atoms with van der Waals surface area (Å²) in [4.78, 5) is 13.1. The van der Waals surface area contributed by atoms with Gasteiger partial charge in [0.2, 0.25) is 5.91 Å². The minimum absolute atomic E-state index is 0.0897. The molecule has 0 radical (unpaired) electrons. The molecule has 0 aromatic rings. The predicted octanol–water partition coefficient (Wildman–Crippen LogP) is 7.47. The fraction of sp³-hybridized carbons (Fsp3) is 0.960. The number of hydrogen-bond acceptors (Lipinski definition) is 1. The molecule has 2 heteroatoms. The second-order valence-corrected chi connectivity index (χ2v) is 13.4. The van der Waals surface area contributed by atoms with Gasteiger partial charge in [-0.3, -0.25) is 4.79 Å². The van der Waals surface area contributed by atoms with Crippen molar-refractivity contribution in [2.45, 2.75) is 115 Å². The number of carbonyl (C=O) groups excluding carboxylic acids is 1. The molecule has 2 nitrogen and oxygen atoms in total. The quantitative estimate of drug-likeness (QED) is 0.418. The van der Waals surface area contributed by atoms with Crippen LogP contribution < -0.4 is 5.32 Å². The molecule has 162 valence electrons. The molecule has 0 aromatic heterocycles. The lowest BCUT2D eigenvalue weighted by molar-refractivity contribution is -0.127. The molecule has 0 rings (SSSR count). The summed E-state index contributed by atoms with van der Waals surface area (Å²) in [6.45, 7) is 28.4. The Morgan fingerprint density at radius 1 is 0.741 bits per heavy atom. The van der Waals surface area contributed by atoms with Gasteiger partial charge >= 0.3 is 0 Å². The van der Waals surface area contributed by atoms with Gasteiger partial charge in [0.05, 0.1) is 0 Å². The molecule has 1 N–H and O–H groups in total. The molecule has 0 saturated carbocycles. The van der Waals surface area contributed by atoms with Crippen LogP contribution in [0, 0.1) is 33.5 Å². The predicted molar refractivity (Wildman–Crippen MR) is 121 cm³/mol. The Labute approximate surface area is 171 Å². The number of rotatable bonds is 10. The van der Waals surface area contributed by atoms with Crippen molar-refractivity contribution in [2.24, 2.45) is 33.5 Å². The van der Waals surface area contributed by atoms with Crippen molar-refractivity contribution in [3.63, 3.8) is 0 Å². The summed E-state index contributed by atoms with van der Waals surface area (Å²) in [6.07, 6.45) is 5.25. The molecule has 0 bridgehead atoms. The molecule has 0 spiro atoms. The highest BCUT2D eigenvalue weighted by atomic mass is 16.1. The van der Waals surface area contributed by atoms with Gasteiger partial charge in [-0.2, -0.15) is 0 Å². The van der Waals surface area contributed by atoms with Gasteiger partial charge in [-0.15, -0.1) is 0 Å². The third-order valence-corrected chi connectivity index (χ3v) is 5.01. The van der Waals surface area contributed by atoms with Crippen LogP contribution in [0.15, 0.2) is 0 Å². The largest absolute Gasteiger partial charge is 0.356 e. The van der Waals surface area contributed by atoms with Crippen LogP contribution >= 0.6 is 0 Å². The zero-order valence-electron chi connectivity index (χ0n) is 20.8. The summed E-state index contributed by atoms with van der Waals surface area (Å²) < 4.78 is 0. The second kappa shape index (κ2) is 9.79. The molecule has 0 heterocycles. The van der Waals surface area contributed by atoms with Gasteiger partial charge in [0.1, 0.15) is 0 Å². The molecule has 0 aliphatic carbocycles. The van der Waals surface area contributed by atoms with Gasteiger partial charge < -0.3 is 5.32 Å². The lowest BCUT2D eigenvalue weighted by Crippen LogP contribution is -2.38. The first kappa shape index (κ1) is 26.5. The highest BCUT2D eigenvalue weighted by molar-refractivity contribution is 5.78. The molecule has 0 aliphatic rings. The fourth-order valence-electron chi connectivity index (χ4n) is 5.24. The van der Waals surface area contributed by atoms with Crippen molar-refractivity contribution in [3.05, 3.63) is 0 Å². The highest BCUT2D eigenvalue weighted by Crippen LogP contribution is 2.43. The van der Waals surface area contributed by atoms with E-state index < -0.39 is 0 Å². The molecule has 0 unspecified atom stereocenters. The second-order valence-electron chi connectivity index (χ2n) is 13.4. The van der Waals surface area contributed by atoms with Gasteiger partial charge in [-0.25, -0.2) is 0 Å². The Bertz CT molecular complexity index is 416. The van der Waals surface area contributed by atoms with Crippen LogP contribution in [0.25, 0.3) is 0 Å². The summed E-state index contributed by atoms with van der Waals surface area (Å²) in [5.74, 6) is 0.977. The SMILES string of the molecule is CC(C)CCNC(=O)C(CC(C)(C)CC(C)(C)C)CC(C)(C)CC(C)(C)C. The van der Waals surface area contributed by atoms with E-state index in [0.717, 1.165) is 38.6 Å². The number of carbonyl (C=O) groups is 1. The van der Waals surface area contributed by atoms with Gasteiger partial charge in [0.25, 0.3) is 0 Å². The van der Waals surface area contributed by atoms with Gasteiger partial charge in [-0.1, -0.05) is 83.1 Å². The minimum atomic E-state index is 0.0897. The highest BCUT2D eigenvalue weighted by Gasteiger charge is 2.36. The maximum atomic E-state index is 13.1. The first-order valence-electron chi connectivity index (χ1n) is 11.1. The number of amides is 1. The summed E-state index contributed by atoms with van der Waals surface area (Å²) in [6, 6.07) is 0. The smallest absolute Gasteiger partial charge is 0.223 e. The van der Waals surface area contributed by atoms with E-state index in [1.807, 2.05) is 0 Å². The van der Waals surface area contributed by atoms with Gasteiger partial charge in [-0.05, 0) is 59.7 Å². The Kier molecular flexibility index (Phi) is 9.60. The zero-order valence-corrected chi connectivity index (χ0v) is 20.8. The molecule has 1 amide bonds. The Morgan fingerprint density at radius 3 is 1.41 bits per heavy atom. The monoisotopic (exact) mass is 381 g/mol. The lowest BCUT2D eigenvalue weighted by atomic mass is 9.66. The van der Waals surface area contributed by atoms with Crippen LogP contribution in [-0.2, 0) is 4.79 Å². The third-order valence-electron chi connectivity index (χ3n) is 5.01. The van der Waals surface area contributed by atoms with Crippen LogP contribution in [0.2, 0.25) is 0 Å². The summed E-state index contributed by atoms with van der Waals surface area (Å²) in [5, 5.41) is 3.25. The van der Waals surface area contributed by atoms with Crippen molar-refractivity contribution in [1.29, 1.82) is 0 Å². The molecule has 0 aromatic carbocycles. The van der Waals surface area contributed by atoms with E-state index in [9.17, 15) is 4.79 Å². The maximum Gasteiger partial charge on any atom is 0.223 e. The first-order chi connectivity index (χ1) is 11.8. The van der Waals surface area contributed by atoms with Crippen molar-refractivity contribution in [2.75, 3.05) is 6.54 Å². The number of hydrogen-bond donors (Lipinski definition) is 1. The standard InChI is InChI=1S/C25H51NO/c1-19(2)13-14-26-21(27)20(15-24(9,10)17-22(3,4)5)16-25(11,12)18-23(6,7)8/h19-20H,13-18H2,1-12H3,(H,26,27). The van der Waals surface area contributed by atoms with Gasteiger partial charge in [0.15, 0.2) is 0 Å². The molecule has 0 saturated heterocycles. The summed E-state index contributed by atoms with van der Waals surface area (Å²) in [5.41, 5.74) is 0.887. The van der Waals surface area contributed by atoms with Crippen molar-refractivity contribution < 1.29 is 4.79 Å². The normalized spacial score (nSPS) is 14.1. The van der Waals surface area contributed by atoms with E-state index >= 15 is 0 Å². The average Bonchev–Trinajstić information content (AvgIpc) is 2.30. The third kappa shape index (κ3) is 14.2. The van der Waals surface area contributed by atoms with Crippen molar-refractivity contribution in [3.8, 4) is 0 Å². The Balaban J connectivity index is 5.28. The molecular formula is C25H51NO. The van der Waals surface area contributed by atoms with Crippen molar-refractivity contribution in [1.82, 2.24) is 5.32 Å². The fourth-order valence-corrected chi connectivity index (χ4v) is 5.24. The van der Waals surface area contributed by atoms with Crippen LogP contribution in [0.1, 0.15) is 115 Å². The van der Waals surface area contributed by atoms with E-state index in [-0.39, 0.29) is 33.5 Å². The lowest BCUT2D eigenvalue weighted by Gasteiger charge is -2.39. The first-order valence-corrected chi connectivity index (χ1v) is 11.1. The zero-order chi connectivity index (χ0) is 21.7. The van der Waals surface area contributed by atoms with Crippen molar-refractivity contribution >= 4 is 5.91 Å². The van der Waals surface area contributed by atoms with E-state index in [2.05, 4.69) is 88.4 Å². The van der Waals surface area contributed by atoms with E-state index in [1.165, 1.54) is 0 Å². The number of nitrogens with one attached hydrogen (secondary N) is 1. The average molecular weight is 382 g/mol. The summed E-state index contributed by atoms with van der Waals surface area (Å²) >= 11 is 0. The Morgan fingerprint density at radius 2 is 1.11 bits per heavy atom. The van der Waals surface area contributed by atoms with Crippen LogP contribution in [0.5, 0.6) is 0 Å². The van der Waals surface area contributed by atoms with E-state index in [1.54, 1.807) is 0 Å². The van der Waals surface area contributed by atoms with Crippen LogP contribution in [0.4, 0.5) is 0 Å². The molecule has 27 heavy (non-hydrogen) atoms. The maximum absolute atomic E-state index is 13.1. The summed E-state index contributed by atoms with van der Waals surface area (Å²) in [7, 11) is 0. The Hall–Kier alpha value is -0.530. The molecule has 0 fully saturated rings. The van der Waals surface area contributed by atoms with E-state index in [0.29, 0.717) is 5.92 Å². The van der Waals surface area contributed by atoms with Crippen LogP contribution in [0.3, 0.4) is 0 Å². The molecule has 0 atom stereocenters.